The van der Waals surface area contributed by atoms with E-state index < -0.39 is 64.4 Å². The molecule has 1 saturated heterocycles. The predicted molar refractivity (Wildman–Crippen MR) is 140 cm³/mol. The van der Waals surface area contributed by atoms with E-state index >= 15 is 0 Å². The van der Waals surface area contributed by atoms with Gasteiger partial charge in [0.25, 0.3) is 0 Å². The number of primary amides is 1. The molecule has 0 aromatic heterocycles. The molecule has 40 heavy (non-hydrogen) atoms. The first kappa shape index (κ1) is 26.5. The van der Waals surface area contributed by atoms with Crippen molar-refractivity contribution in [1.29, 1.82) is 0 Å². The van der Waals surface area contributed by atoms with Crippen molar-refractivity contribution in [3.05, 3.63) is 34.9 Å². The highest BCUT2D eigenvalue weighted by Gasteiger charge is 2.69. The van der Waals surface area contributed by atoms with Gasteiger partial charge in [0, 0.05) is 28.8 Å². The smallest absolute Gasteiger partial charge is 0.235 e. The zero-order valence-corrected chi connectivity index (χ0v) is 22.2. The highest BCUT2D eigenvalue weighted by Crippen LogP contribution is 2.53. The average Bonchev–Trinajstić information content (AvgIpc) is 2.86. The molecule has 6 atom stereocenters. The summed E-state index contributed by atoms with van der Waals surface area (Å²) in [5, 5.41) is 34.9. The monoisotopic (exact) mass is 549 g/mol. The van der Waals surface area contributed by atoms with E-state index in [1.807, 2.05) is 6.07 Å². The fourth-order valence-corrected chi connectivity index (χ4v) is 7.40. The second-order valence-corrected chi connectivity index (χ2v) is 11.8. The van der Waals surface area contributed by atoms with Crippen LogP contribution in [0.5, 0.6) is 11.5 Å². The van der Waals surface area contributed by atoms with Crippen molar-refractivity contribution in [2.75, 3.05) is 27.2 Å². The number of likely N-dealkylation sites (tertiary alicyclic amines) is 1. The summed E-state index contributed by atoms with van der Waals surface area (Å²) in [6.45, 7) is 2.57. The van der Waals surface area contributed by atoms with Gasteiger partial charge < -0.3 is 21.1 Å². The minimum atomic E-state index is -2.78. The van der Waals surface area contributed by atoms with Crippen LogP contribution in [0.15, 0.2) is 18.2 Å². The van der Waals surface area contributed by atoms with Crippen molar-refractivity contribution in [3.63, 3.8) is 0 Å². The highest BCUT2D eigenvalue weighted by atomic mass is 16.3. The Morgan fingerprint density at radius 2 is 1.77 bits per heavy atom. The number of nitrogens with zero attached hydrogens (tertiary/aromatic N) is 2. The van der Waals surface area contributed by atoms with E-state index in [9.17, 15) is 39.3 Å². The molecule has 0 bridgehead atoms. The Labute approximate surface area is 229 Å². The molecule has 4 aliphatic rings. The molecule has 5 N–H and O–H groups in total. The van der Waals surface area contributed by atoms with Gasteiger partial charge in [-0.2, -0.15) is 0 Å². The van der Waals surface area contributed by atoms with Crippen LogP contribution in [0.25, 0.3) is 10.8 Å². The number of aliphatic hydroxyl groups is 1. The van der Waals surface area contributed by atoms with E-state index in [4.69, 9.17) is 5.73 Å². The molecule has 1 heterocycles. The highest BCUT2D eigenvalue weighted by molar-refractivity contribution is 6.32. The summed E-state index contributed by atoms with van der Waals surface area (Å²) in [7, 11) is 3.06. The first-order chi connectivity index (χ1) is 18.9. The largest absolute Gasteiger partial charge is 0.507 e. The lowest BCUT2D eigenvalue weighted by molar-refractivity contribution is -0.181. The van der Waals surface area contributed by atoms with Crippen molar-refractivity contribution >= 4 is 39.8 Å². The Kier molecular flexibility index (Phi) is 5.92. The van der Waals surface area contributed by atoms with Gasteiger partial charge in [0.2, 0.25) is 5.91 Å². The molecular weight excluding hydrogens is 518 g/mol. The number of rotatable bonds is 4. The Morgan fingerprint density at radius 3 is 2.38 bits per heavy atom. The van der Waals surface area contributed by atoms with E-state index in [1.54, 1.807) is 12.1 Å². The molecule has 2 unspecified atom stereocenters. The van der Waals surface area contributed by atoms with Gasteiger partial charge >= 0.3 is 0 Å². The molecule has 210 valence electrons. The van der Waals surface area contributed by atoms with Crippen LogP contribution in [0.1, 0.15) is 34.3 Å². The molecule has 3 fully saturated rings. The lowest BCUT2D eigenvalue weighted by atomic mass is 9.52. The normalized spacial score (nSPS) is 32.0. The van der Waals surface area contributed by atoms with Crippen LogP contribution in [0.2, 0.25) is 0 Å². The summed E-state index contributed by atoms with van der Waals surface area (Å²) >= 11 is 0. The summed E-state index contributed by atoms with van der Waals surface area (Å²) in [4.78, 5) is 70.2. The molecule has 1 aliphatic heterocycles. The number of nitrogens with two attached hydrogens (primary N) is 1. The van der Waals surface area contributed by atoms with E-state index in [-0.39, 0.29) is 40.9 Å². The number of hydrogen-bond donors (Lipinski definition) is 4. The number of likely N-dealkylation sites (N-methyl/N-ethyl adjacent to an activating group) is 1. The summed E-state index contributed by atoms with van der Waals surface area (Å²) in [6.07, 6.45) is 1.05. The maximum absolute atomic E-state index is 13.9. The van der Waals surface area contributed by atoms with Gasteiger partial charge in [0.1, 0.15) is 11.5 Å². The molecule has 11 heteroatoms. The van der Waals surface area contributed by atoms with Crippen molar-refractivity contribution in [2.45, 2.75) is 37.5 Å². The van der Waals surface area contributed by atoms with E-state index in [2.05, 4.69) is 4.90 Å². The van der Waals surface area contributed by atoms with Crippen LogP contribution in [0, 0.1) is 23.7 Å². The Morgan fingerprint density at radius 1 is 1.07 bits per heavy atom. The number of hydrogen-bond acceptors (Lipinski definition) is 10. The van der Waals surface area contributed by atoms with Crippen molar-refractivity contribution in [3.8, 4) is 11.5 Å². The summed E-state index contributed by atoms with van der Waals surface area (Å²) in [5.74, 6) is -11.3. The lowest BCUT2D eigenvalue weighted by Crippen LogP contribution is -2.74. The zero-order valence-electron chi connectivity index (χ0n) is 22.2. The minimum absolute atomic E-state index is 0.0106. The van der Waals surface area contributed by atoms with Gasteiger partial charge in [-0.05, 0) is 64.0 Å². The lowest BCUT2D eigenvalue weighted by Gasteiger charge is -2.52. The number of benzene rings is 2. The predicted octanol–water partition coefficient (Wildman–Crippen LogP) is -0.0685. The van der Waals surface area contributed by atoms with Crippen LogP contribution in [0.4, 0.5) is 0 Å². The maximum Gasteiger partial charge on any atom is 0.235 e. The molecule has 0 spiro atoms. The van der Waals surface area contributed by atoms with Crippen LogP contribution in [0.3, 0.4) is 0 Å². The number of carbonyl (C=O) groups is 5. The third-order valence-corrected chi connectivity index (χ3v) is 9.43. The second-order valence-electron chi connectivity index (χ2n) is 11.8. The van der Waals surface area contributed by atoms with Crippen LogP contribution < -0.4 is 5.73 Å². The molecule has 11 nitrogen and oxygen atoms in total. The summed E-state index contributed by atoms with van der Waals surface area (Å²) in [5.41, 5.74) is 3.44. The van der Waals surface area contributed by atoms with E-state index in [0.717, 1.165) is 25.1 Å². The number of phenolic OH excluding ortho intramolecular Hbond substituents is 2. The molecule has 2 saturated carbocycles. The minimum Gasteiger partial charge on any atom is -0.507 e. The van der Waals surface area contributed by atoms with Gasteiger partial charge in [-0.15, -0.1) is 0 Å². The van der Waals surface area contributed by atoms with Gasteiger partial charge in [0.05, 0.1) is 17.5 Å². The Bertz CT molecular complexity index is 1530. The van der Waals surface area contributed by atoms with Crippen molar-refractivity contribution in [1.82, 2.24) is 9.80 Å². The fourth-order valence-electron chi connectivity index (χ4n) is 7.40. The molecule has 1 amide bonds. The van der Waals surface area contributed by atoms with Crippen LogP contribution in [-0.4, -0.2) is 93.0 Å². The molecule has 2 aromatic rings. The number of phenols is 2. The zero-order chi connectivity index (χ0) is 28.8. The quantitative estimate of drug-likeness (QED) is 0.298. The van der Waals surface area contributed by atoms with Gasteiger partial charge in [-0.25, -0.2) is 0 Å². The van der Waals surface area contributed by atoms with Gasteiger partial charge in [-0.1, -0.05) is 12.1 Å². The van der Waals surface area contributed by atoms with E-state index in [0.29, 0.717) is 11.9 Å². The van der Waals surface area contributed by atoms with Crippen LogP contribution >= 0.6 is 0 Å². The van der Waals surface area contributed by atoms with Crippen molar-refractivity contribution in [2.24, 2.45) is 29.4 Å². The van der Waals surface area contributed by atoms with E-state index in [1.165, 1.54) is 19.0 Å². The number of fused-ring (bicyclic) bond motifs is 4. The number of ketones is 4. The third-order valence-electron chi connectivity index (χ3n) is 9.43. The fraction of sp³-hybridized carbons (Fsp3) is 0.483. The number of aromatic hydroxyl groups is 2. The third kappa shape index (κ3) is 3.44. The number of carbonyl (C=O) groups excluding carboxylic acids is 5. The van der Waals surface area contributed by atoms with Crippen molar-refractivity contribution < 1.29 is 39.3 Å². The number of Topliss-reactive ketones (excluding diaryl/α,β-unsaturated/α-hetero) is 4. The summed E-state index contributed by atoms with van der Waals surface area (Å²) in [6, 6.07) is 4.10. The molecule has 0 radical (unpaired) electrons. The van der Waals surface area contributed by atoms with Crippen LogP contribution in [-0.2, 0) is 32.1 Å². The SMILES string of the molecule is CN(C)[C@@H]1C(=O)C(C(N)=O)C(=O)[C@@]2(O)C(=O)C3C(=O)c4c(c(O)c5ccc(CN6CCC6)cc5c4O)C[C@H]3C[C@@H]12. The first-order valence-corrected chi connectivity index (χ1v) is 13.4. The molecule has 3 aliphatic carbocycles. The topological polar surface area (TPSA) is 179 Å². The first-order valence-electron chi connectivity index (χ1n) is 13.4. The van der Waals surface area contributed by atoms with Gasteiger partial charge in [0.15, 0.2) is 34.7 Å². The Hall–Kier alpha value is -3.67. The number of amides is 1. The van der Waals surface area contributed by atoms with Gasteiger partial charge in [-0.3, -0.25) is 33.8 Å². The maximum atomic E-state index is 13.9. The average molecular weight is 550 g/mol. The second kappa shape index (κ2) is 8.92. The molecule has 6 rings (SSSR count). The molecular formula is C29H31N3O8. The Balaban J connectivity index is 1.47. The standard InChI is InChI=1S/C29H31N3O8/c1-31(2)21-17-10-13-9-16-19(23(34)15-8-12(11-32-6-3-7-32)4-5-14(15)22(16)33)24(35)18(13)26(37)29(17,40)27(38)20(25(21)36)28(30)39/h4-5,8,13,17-18,20-21,33-34,40H,3,6-7,9-11H2,1-2H3,(H2,30,39)/t13-,17-,18?,20?,21-,29-/m0/s1. The molecule has 2 aromatic carbocycles. The summed E-state index contributed by atoms with van der Waals surface area (Å²) < 4.78 is 0.